The highest BCUT2D eigenvalue weighted by molar-refractivity contribution is 7.86. The van der Waals surface area contributed by atoms with Crippen molar-refractivity contribution >= 4 is 38.0 Å². The van der Waals surface area contributed by atoms with E-state index in [1.54, 1.807) is 37.3 Å². The Morgan fingerprint density at radius 1 is 1.00 bits per heavy atom. The summed E-state index contributed by atoms with van der Waals surface area (Å²) < 4.78 is 90.0. The number of hydrogen-bond donors (Lipinski definition) is 1. The fourth-order valence-corrected chi connectivity index (χ4v) is 7.76. The molecular weight excluding hydrogens is 725 g/mol. The lowest BCUT2D eigenvalue weighted by Crippen LogP contribution is -2.35. The number of allylic oxidation sites excluding steroid dienone is 3. The summed E-state index contributed by atoms with van der Waals surface area (Å²) in [6.45, 7) is 10.6. The normalized spacial score (nSPS) is 17.3. The number of ether oxygens (including phenoxy) is 2. The van der Waals surface area contributed by atoms with Gasteiger partial charge >= 0.3 is 5.97 Å². The summed E-state index contributed by atoms with van der Waals surface area (Å²) in [6.07, 6.45) is 5.67. The maximum absolute atomic E-state index is 12.1. The maximum atomic E-state index is 12.1. The van der Waals surface area contributed by atoms with Crippen LogP contribution in [0.2, 0.25) is 0 Å². The molecule has 1 aromatic rings. The van der Waals surface area contributed by atoms with Crippen LogP contribution in [-0.4, -0.2) is 89.8 Å². The average Bonchev–Trinajstić information content (AvgIpc) is 3.29. The summed E-state index contributed by atoms with van der Waals surface area (Å²) in [4.78, 5) is 12.9. The average molecular weight is 774 g/mol. The van der Waals surface area contributed by atoms with Crippen LogP contribution in [0.3, 0.4) is 0 Å². The molecule has 3 aliphatic rings. The van der Waals surface area contributed by atoms with Gasteiger partial charge in [-0.2, -0.15) is 0 Å². The van der Waals surface area contributed by atoms with Crippen LogP contribution >= 0.6 is 0 Å². The summed E-state index contributed by atoms with van der Waals surface area (Å²) in [6, 6.07) is 12.0. The van der Waals surface area contributed by atoms with Crippen LogP contribution in [0, 0.1) is 0 Å². The molecule has 13 nitrogen and oxygen atoms in total. The van der Waals surface area contributed by atoms with Gasteiger partial charge in [0.25, 0.3) is 0 Å². The van der Waals surface area contributed by atoms with Gasteiger partial charge in [0.05, 0.1) is 21.1 Å². The number of aliphatic carboxylic acids is 1. The van der Waals surface area contributed by atoms with E-state index in [0.717, 1.165) is 16.5 Å². The van der Waals surface area contributed by atoms with Crippen molar-refractivity contribution in [1.29, 1.82) is 0 Å². The van der Waals surface area contributed by atoms with E-state index in [2.05, 4.69) is 31.4 Å². The van der Waals surface area contributed by atoms with Crippen LogP contribution in [0.15, 0.2) is 69.6 Å². The minimum Gasteiger partial charge on any atom is -0.748 e. The van der Waals surface area contributed by atoms with E-state index in [0.29, 0.717) is 54.8 Å². The van der Waals surface area contributed by atoms with Crippen LogP contribution in [0.4, 0.5) is 5.69 Å². The number of anilines is 1. The summed E-state index contributed by atoms with van der Waals surface area (Å²) in [5, 5.41) is 10.3. The smallest absolute Gasteiger partial charge is 0.303 e. The first kappa shape index (κ1) is 41.9. The van der Waals surface area contributed by atoms with Crippen LogP contribution < -0.4 is 14.8 Å². The van der Waals surface area contributed by atoms with Gasteiger partial charge in [0.2, 0.25) is 5.36 Å². The maximum Gasteiger partial charge on any atom is 0.303 e. The molecule has 1 aromatic carbocycles. The van der Waals surface area contributed by atoms with Crippen molar-refractivity contribution in [2.24, 2.45) is 0 Å². The summed E-state index contributed by atoms with van der Waals surface area (Å²) in [5.74, 6) is -0.404. The molecule has 0 saturated heterocycles. The van der Waals surface area contributed by atoms with Crippen molar-refractivity contribution in [2.75, 3.05) is 57.7 Å². The van der Waals surface area contributed by atoms with Crippen molar-refractivity contribution in [3.8, 4) is 11.3 Å². The van der Waals surface area contributed by atoms with Gasteiger partial charge in [0.1, 0.15) is 34.9 Å². The Bertz CT molecular complexity index is 2100. The Morgan fingerprint density at radius 2 is 1.68 bits per heavy atom. The fraction of sp³-hybridized carbons (Fsp3) is 0.474. The van der Waals surface area contributed by atoms with Gasteiger partial charge in [0.15, 0.2) is 13.1 Å². The van der Waals surface area contributed by atoms with Gasteiger partial charge in [0, 0.05) is 61.4 Å². The van der Waals surface area contributed by atoms with Gasteiger partial charge in [-0.3, -0.25) is 4.79 Å². The molecule has 1 atom stereocenters. The molecule has 1 aliphatic carbocycles. The molecule has 290 valence electrons. The van der Waals surface area contributed by atoms with E-state index >= 15 is 0 Å². The molecule has 1 unspecified atom stereocenters. The molecule has 15 heteroatoms. The topological polar surface area (TPSA) is 190 Å². The lowest BCUT2D eigenvalue weighted by Gasteiger charge is -2.30. The van der Waals surface area contributed by atoms with Crippen LogP contribution in [0.5, 0.6) is 0 Å². The predicted molar refractivity (Wildman–Crippen MR) is 200 cm³/mol. The number of rotatable bonds is 17. The molecule has 2 aliphatic heterocycles. The number of benzene rings is 2. The van der Waals surface area contributed by atoms with Gasteiger partial charge in [-0.05, 0) is 85.2 Å². The summed E-state index contributed by atoms with van der Waals surface area (Å²) in [7, 11) is -6.04. The Hall–Kier alpha value is -3.86. The molecule has 0 fully saturated rings. The van der Waals surface area contributed by atoms with Crippen LogP contribution in [0.25, 0.3) is 17.4 Å². The van der Waals surface area contributed by atoms with E-state index < -0.39 is 42.3 Å². The Kier molecular flexibility index (Phi) is 13.5. The number of carboxylic acids is 1. The molecule has 0 bridgehead atoms. The Balaban J connectivity index is 1.89. The second-order valence-electron chi connectivity index (χ2n) is 14.4. The van der Waals surface area contributed by atoms with Crippen LogP contribution in [-0.2, 0) is 45.3 Å². The van der Waals surface area contributed by atoms with E-state index in [4.69, 9.17) is 13.9 Å². The molecule has 0 spiro atoms. The van der Waals surface area contributed by atoms with Gasteiger partial charge < -0.3 is 33.0 Å². The Labute approximate surface area is 312 Å². The van der Waals surface area contributed by atoms with Crippen molar-refractivity contribution in [2.45, 2.75) is 69.1 Å². The number of hydrogen-bond acceptors (Lipinski definition) is 11. The highest BCUT2D eigenvalue weighted by Gasteiger charge is 2.43. The molecule has 4 rings (SSSR count). The second kappa shape index (κ2) is 17.1. The van der Waals surface area contributed by atoms with E-state index in [-0.39, 0.29) is 37.6 Å². The molecule has 53 heavy (non-hydrogen) atoms. The lowest BCUT2D eigenvalue weighted by atomic mass is 9.77. The zero-order chi connectivity index (χ0) is 39.2. The third kappa shape index (κ3) is 10.6. The van der Waals surface area contributed by atoms with Crippen molar-refractivity contribution in [3.63, 3.8) is 0 Å². The second-order valence-corrected chi connectivity index (χ2v) is 17.3. The molecule has 0 amide bonds. The molecular formula is C38H49N2O11S2-. The quantitative estimate of drug-likeness (QED) is 0.149. The van der Waals surface area contributed by atoms with Crippen molar-refractivity contribution in [3.05, 3.63) is 82.6 Å². The number of carbonyl (C=O) groups is 1. The first-order chi connectivity index (χ1) is 24.8. The monoisotopic (exact) mass is 773 g/mol. The standard InChI is InChI=1S/C38H50N2O11S2/c1-37(2,3)31-25-28(51-34-24-27(13-15-30(31)34)39(19-21-49-5)20-22-50-6)10-7-11-35-38(4,17-8-12-36(41)42)32-26-29(53(46,47)48)14-16-33(32)40(35)18-9-23-52(43,44)45/h7,10-11,13-16,24-26H,8-9,12,17-23H2,1-6H3,(H2-,41,42,43,44,45,46,47,48)/p-1. The van der Waals surface area contributed by atoms with E-state index in [9.17, 15) is 35.8 Å². The number of nitrogens with zero attached hydrogens (tertiary/aromatic N) is 2. The van der Waals surface area contributed by atoms with Gasteiger partial charge in [-0.1, -0.05) is 26.8 Å². The molecule has 2 heterocycles. The SMILES string of the molecule is COCC[N+](CCOC)=c1ccc2c(C(C)(C)C)cc(/C=C/C=C3/N(CCCS(=O)(=O)[O-])c4ccc(S(=O)(=O)[O-])cc4C3(C)CCCC(=O)O)oc-2c1. The van der Waals surface area contributed by atoms with Gasteiger partial charge in [-0.15, -0.1) is 0 Å². The van der Waals surface area contributed by atoms with Crippen molar-refractivity contribution < 1.29 is 49.7 Å². The zero-order valence-corrected chi connectivity index (χ0v) is 32.7. The predicted octanol–water partition coefficient (Wildman–Crippen LogP) is 4.52. The Morgan fingerprint density at radius 3 is 2.26 bits per heavy atom. The number of methoxy groups -OCH3 is 2. The molecule has 0 saturated carbocycles. The minimum atomic E-state index is -4.83. The molecule has 0 radical (unpaired) electrons. The zero-order valence-electron chi connectivity index (χ0n) is 31.1. The largest absolute Gasteiger partial charge is 0.748 e. The van der Waals surface area contributed by atoms with Gasteiger partial charge in [-0.25, -0.2) is 21.4 Å². The van der Waals surface area contributed by atoms with E-state index in [1.165, 1.54) is 18.2 Å². The highest BCUT2D eigenvalue weighted by atomic mass is 32.2. The van der Waals surface area contributed by atoms with Crippen LogP contribution in [0.1, 0.15) is 70.3 Å². The fourth-order valence-electron chi connectivity index (χ4n) is 6.78. The summed E-state index contributed by atoms with van der Waals surface area (Å²) in [5.41, 5.74) is 2.40. The van der Waals surface area contributed by atoms with E-state index in [1.807, 2.05) is 25.1 Å². The lowest BCUT2D eigenvalue weighted by molar-refractivity contribution is -0.137. The highest BCUT2D eigenvalue weighted by Crippen LogP contribution is 2.51. The first-order valence-electron chi connectivity index (χ1n) is 17.3. The first-order valence-corrected chi connectivity index (χ1v) is 20.3. The third-order valence-electron chi connectivity index (χ3n) is 9.43. The number of carboxylic acid groups (broad SMARTS) is 1. The molecule has 1 N–H and O–H groups in total. The number of fused-ring (bicyclic) bond motifs is 2. The van der Waals surface area contributed by atoms with Crippen molar-refractivity contribution in [1.82, 2.24) is 4.58 Å². The molecule has 0 aromatic heterocycles. The third-order valence-corrected chi connectivity index (χ3v) is 11.0. The minimum absolute atomic E-state index is 0.0256. The summed E-state index contributed by atoms with van der Waals surface area (Å²) >= 11 is 0.